The van der Waals surface area contributed by atoms with Gasteiger partial charge < -0.3 is 10.2 Å². The number of nitrogens with one attached hydrogen (secondary N) is 2. The third kappa shape index (κ3) is 4.40. The van der Waals surface area contributed by atoms with E-state index in [1.54, 1.807) is 0 Å². The maximum atomic E-state index is 13.8. The smallest absolute Gasteiger partial charge is 0.254 e. The van der Waals surface area contributed by atoms with Crippen molar-refractivity contribution in [2.45, 2.75) is 18.9 Å². The van der Waals surface area contributed by atoms with Gasteiger partial charge in [-0.1, -0.05) is 23.7 Å². The summed E-state index contributed by atoms with van der Waals surface area (Å²) < 4.78 is 27.2. The third-order valence-electron chi connectivity index (χ3n) is 4.97. The van der Waals surface area contributed by atoms with Crippen molar-refractivity contribution in [3.63, 3.8) is 0 Å². The van der Waals surface area contributed by atoms with Crippen LogP contribution >= 0.6 is 11.6 Å². The first kappa shape index (κ1) is 19.4. The van der Waals surface area contributed by atoms with Gasteiger partial charge in [-0.3, -0.25) is 9.89 Å². The molecule has 1 saturated heterocycles. The predicted molar refractivity (Wildman–Crippen MR) is 108 cm³/mol. The van der Waals surface area contributed by atoms with Crippen LogP contribution in [0.1, 0.15) is 23.2 Å². The van der Waals surface area contributed by atoms with Crippen molar-refractivity contribution in [1.29, 1.82) is 0 Å². The largest absolute Gasteiger partial charge is 0.353 e. The molecule has 4 rings (SSSR count). The van der Waals surface area contributed by atoms with Crippen LogP contribution in [0.25, 0.3) is 11.3 Å². The summed E-state index contributed by atoms with van der Waals surface area (Å²) in [6.07, 6.45) is 1.60. The van der Waals surface area contributed by atoms with E-state index in [9.17, 15) is 13.6 Å². The molecule has 150 valence electrons. The highest BCUT2D eigenvalue weighted by Crippen LogP contribution is 2.25. The Labute approximate surface area is 171 Å². The Kier molecular flexibility index (Phi) is 5.49. The molecule has 0 saturated carbocycles. The molecule has 1 amide bonds. The van der Waals surface area contributed by atoms with Crippen molar-refractivity contribution < 1.29 is 13.6 Å². The maximum absolute atomic E-state index is 13.8. The monoisotopic (exact) mass is 416 g/mol. The number of H-pyrrole nitrogens is 1. The number of rotatable bonds is 4. The quantitative estimate of drug-likeness (QED) is 0.662. The second kappa shape index (κ2) is 8.21. The van der Waals surface area contributed by atoms with Crippen LogP contribution in [0.3, 0.4) is 0 Å². The fourth-order valence-corrected chi connectivity index (χ4v) is 3.61. The molecule has 0 bridgehead atoms. The summed E-state index contributed by atoms with van der Waals surface area (Å²) in [5, 5.41) is 10.9. The van der Waals surface area contributed by atoms with E-state index in [2.05, 4.69) is 20.4 Å². The number of piperidine rings is 1. The van der Waals surface area contributed by atoms with Gasteiger partial charge in [-0.05, 0) is 48.7 Å². The predicted octanol–water partition coefficient (Wildman–Crippen LogP) is 4.41. The Morgan fingerprint density at radius 2 is 1.97 bits per heavy atom. The number of hydrogen-bond donors (Lipinski definition) is 2. The van der Waals surface area contributed by atoms with Gasteiger partial charge in [0.05, 0.1) is 11.3 Å². The minimum Gasteiger partial charge on any atom is -0.353 e. The Balaban J connectivity index is 1.44. The van der Waals surface area contributed by atoms with Crippen LogP contribution in [0.15, 0.2) is 48.5 Å². The van der Waals surface area contributed by atoms with E-state index in [4.69, 9.17) is 11.6 Å². The highest BCUT2D eigenvalue weighted by Gasteiger charge is 2.24. The van der Waals surface area contributed by atoms with Gasteiger partial charge in [0.2, 0.25) is 0 Å². The van der Waals surface area contributed by atoms with E-state index in [1.165, 1.54) is 0 Å². The molecule has 1 aliphatic rings. The molecule has 1 fully saturated rings. The van der Waals surface area contributed by atoms with E-state index < -0.39 is 17.5 Å². The molecule has 0 spiro atoms. The minimum atomic E-state index is -0.739. The van der Waals surface area contributed by atoms with Gasteiger partial charge in [0, 0.05) is 30.2 Å². The van der Waals surface area contributed by atoms with Crippen molar-refractivity contribution in [2.75, 3.05) is 18.0 Å². The molecule has 1 aromatic heterocycles. The number of aromatic amines is 1. The van der Waals surface area contributed by atoms with Crippen LogP contribution in [0.5, 0.6) is 0 Å². The zero-order chi connectivity index (χ0) is 20.4. The molecule has 2 N–H and O–H groups in total. The average Bonchev–Trinajstić information content (AvgIpc) is 3.21. The Bertz CT molecular complexity index is 1020. The van der Waals surface area contributed by atoms with Crippen LogP contribution in [0.4, 0.5) is 14.6 Å². The number of amides is 1. The van der Waals surface area contributed by atoms with Crippen LogP contribution in [0, 0.1) is 11.6 Å². The first-order chi connectivity index (χ1) is 14.0. The molecule has 1 atom stereocenters. The number of carbonyl (C=O) groups excluding carboxylic acids is 1. The van der Waals surface area contributed by atoms with E-state index >= 15 is 0 Å². The van der Waals surface area contributed by atoms with Gasteiger partial charge in [-0.15, -0.1) is 0 Å². The maximum Gasteiger partial charge on any atom is 0.254 e. The lowest BCUT2D eigenvalue weighted by atomic mass is 10.0. The lowest BCUT2D eigenvalue weighted by Crippen LogP contribution is -2.48. The normalized spacial score (nSPS) is 16.7. The van der Waals surface area contributed by atoms with Crippen molar-refractivity contribution in [3.05, 3.63) is 70.8 Å². The van der Waals surface area contributed by atoms with E-state index in [0.29, 0.717) is 11.6 Å². The number of halogens is 3. The molecule has 2 aromatic carbocycles. The van der Waals surface area contributed by atoms with Gasteiger partial charge in [0.25, 0.3) is 5.91 Å². The number of benzene rings is 2. The second-order valence-corrected chi connectivity index (χ2v) is 7.47. The van der Waals surface area contributed by atoms with E-state index in [-0.39, 0.29) is 11.6 Å². The summed E-state index contributed by atoms with van der Waals surface area (Å²) in [7, 11) is 0. The van der Waals surface area contributed by atoms with Crippen LogP contribution < -0.4 is 10.2 Å². The minimum absolute atomic E-state index is 0.186. The van der Waals surface area contributed by atoms with Gasteiger partial charge in [-0.2, -0.15) is 5.10 Å². The van der Waals surface area contributed by atoms with E-state index in [0.717, 1.165) is 54.7 Å². The van der Waals surface area contributed by atoms with Gasteiger partial charge in [0.1, 0.15) is 11.6 Å². The zero-order valence-electron chi connectivity index (χ0n) is 15.5. The fourth-order valence-electron chi connectivity index (χ4n) is 3.49. The fraction of sp³-hybridized carbons (Fsp3) is 0.238. The molecule has 8 heteroatoms. The topological polar surface area (TPSA) is 61.0 Å². The summed E-state index contributed by atoms with van der Waals surface area (Å²) in [6, 6.07) is 12.1. The number of aromatic nitrogens is 2. The number of carbonyl (C=O) groups is 1. The van der Waals surface area contributed by atoms with Crippen molar-refractivity contribution >= 4 is 23.3 Å². The molecule has 29 heavy (non-hydrogen) atoms. The van der Waals surface area contributed by atoms with Gasteiger partial charge in [-0.25, -0.2) is 8.78 Å². The SMILES string of the molecule is O=C(NC1CCCN(c2cc(-c3ccc(Cl)cc3)[nH]n2)C1)c1cc(F)ccc1F. The van der Waals surface area contributed by atoms with Gasteiger partial charge >= 0.3 is 0 Å². The summed E-state index contributed by atoms with van der Waals surface area (Å²) in [5.41, 5.74) is 1.55. The average molecular weight is 417 g/mol. The standard InChI is InChI=1S/C21H19ClF2N4O/c22-14-5-3-13(4-6-14)19-11-20(27-26-19)28-9-1-2-16(12-28)25-21(29)17-10-15(23)7-8-18(17)24/h3-8,10-11,16H,1-2,9,12H2,(H,25,29)(H,26,27). The molecule has 0 aliphatic carbocycles. The van der Waals surface area contributed by atoms with Gasteiger partial charge in [0.15, 0.2) is 5.82 Å². The van der Waals surface area contributed by atoms with Crippen LogP contribution in [0.2, 0.25) is 5.02 Å². The Morgan fingerprint density at radius 3 is 2.76 bits per heavy atom. The zero-order valence-corrected chi connectivity index (χ0v) is 16.2. The highest BCUT2D eigenvalue weighted by atomic mass is 35.5. The lowest BCUT2D eigenvalue weighted by Gasteiger charge is -2.33. The summed E-state index contributed by atoms with van der Waals surface area (Å²) in [4.78, 5) is 14.4. The Hall–Kier alpha value is -2.93. The summed E-state index contributed by atoms with van der Waals surface area (Å²) in [5.74, 6) is -1.23. The molecule has 1 aliphatic heterocycles. The van der Waals surface area contributed by atoms with Crippen molar-refractivity contribution in [1.82, 2.24) is 15.5 Å². The van der Waals surface area contributed by atoms with Crippen molar-refractivity contribution in [2.24, 2.45) is 0 Å². The number of hydrogen-bond acceptors (Lipinski definition) is 3. The summed E-state index contributed by atoms with van der Waals surface area (Å²) in [6.45, 7) is 1.33. The molecule has 0 radical (unpaired) electrons. The number of nitrogens with zero attached hydrogens (tertiary/aromatic N) is 2. The number of anilines is 1. The first-order valence-corrected chi connectivity index (χ1v) is 9.69. The molecule has 2 heterocycles. The van der Waals surface area contributed by atoms with Crippen LogP contribution in [-0.4, -0.2) is 35.2 Å². The molecule has 3 aromatic rings. The van der Waals surface area contributed by atoms with Crippen LogP contribution in [-0.2, 0) is 0 Å². The molecular formula is C21H19ClF2N4O. The third-order valence-corrected chi connectivity index (χ3v) is 5.23. The molecular weight excluding hydrogens is 398 g/mol. The first-order valence-electron chi connectivity index (χ1n) is 9.32. The summed E-state index contributed by atoms with van der Waals surface area (Å²) >= 11 is 5.93. The lowest BCUT2D eigenvalue weighted by molar-refractivity contribution is 0.0928. The highest BCUT2D eigenvalue weighted by molar-refractivity contribution is 6.30. The second-order valence-electron chi connectivity index (χ2n) is 7.03. The molecule has 5 nitrogen and oxygen atoms in total. The Morgan fingerprint density at radius 1 is 1.17 bits per heavy atom. The van der Waals surface area contributed by atoms with Crippen molar-refractivity contribution in [3.8, 4) is 11.3 Å². The molecule has 1 unspecified atom stereocenters. The van der Waals surface area contributed by atoms with E-state index in [1.807, 2.05) is 30.3 Å².